The summed E-state index contributed by atoms with van der Waals surface area (Å²) in [7, 11) is 1.59. The fourth-order valence-corrected chi connectivity index (χ4v) is 4.18. The van der Waals surface area contributed by atoms with E-state index in [2.05, 4.69) is 35.8 Å². The predicted molar refractivity (Wildman–Crippen MR) is 121 cm³/mol. The quantitative estimate of drug-likeness (QED) is 0.538. The second kappa shape index (κ2) is 9.25. The highest BCUT2D eigenvalue weighted by Gasteiger charge is 2.23. The van der Waals surface area contributed by atoms with Gasteiger partial charge in [0.1, 0.15) is 5.69 Å². The van der Waals surface area contributed by atoms with E-state index in [4.69, 9.17) is 0 Å². The van der Waals surface area contributed by atoms with Crippen molar-refractivity contribution in [2.75, 3.05) is 35.7 Å². The van der Waals surface area contributed by atoms with Crippen LogP contribution in [-0.4, -0.2) is 47.0 Å². The highest BCUT2D eigenvalue weighted by Crippen LogP contribution is 2.28. The number of thiazole rings is 1. The lowest BCUT2D eigenvalue weighted by atomic mass is 10.0. The van der Waals surface area contributed by atoms with Gasteiger partial charge in [0.25, 0.3) is 5.91 Å². The second-order valence-corrected chi connectivity index (χ2v) is 8.16. The Labute approximate surface area is 183 Å². The fourth-order valence-electron chi connectivity index (χ4n) is 3.66. The number of amides is 1. The number of carbonyl (C=O) groups is 1. The zero-order valence-corrected chi connectivity index (χ0v) is 18.2. The van der Waals surface area contributed by atoms with Crippen molar-refractivity contribution in [1.29, 1.82) is 0 Å². The summed E-state index contributed by atoms with van der Waals surface area (Å²) in [6.45, 7) is 3.54. The minimum atomic E-state index is -0.412. The van der Waals surface area contributed by atoms with Gasteiger partial charge in [0.05, 0.1) is 17.1 Å². The number of piperidine rings is 1. The number of halogens is 1. The maximum absolute atomic E-state index is 14.9. The van der Waals surface area contributed by atoms with Crippen LogP contribution in [0.15, 0.2) is 36.0 Å². The molecule has 3 aromatic heterocycles. The second-order valence-electron chi connectivity index (χ2n) is 7.27. The molecule has 3 aromatic rings. The molecule has 0 radical (unpaired) electrons. The van der Waals surface area contributed by atoms with Crippen molar-refractivity contribution in [2.45, 2.75) is 25.8 Å². The molecule has 0 spiro atoms. The molecule has 31 heavy (non-hydrogen) atoms. The number of pyridine rings is 2. The van der Waals surface area contributed by atoms with Crippen LogP contribution < -0.4 is 20.9 Å². The molecule has 8 nitrogen and oxygen atoms in total. The Morgan fingerprint density at radius 3 is 2.68 bits per heavy atom. The first-order chi connectivity index (χ1) is 15.0. The number of aryl methyl sites for hydroxylation is 1. The molecule has 0 aliphatic carbocycles. The molecule has 1 saturated heterocycles. The molecule has 0 saturated carbocycles. The summed E-state index contributed by atoms with van der Waals surface area (Å²) in [5.41, 5.74) is 2.69. The molecule has 10 heteroatoms. The topological polar surface area (TPSA) is 95.1 Å². The summed E-state index contributed by atoms with van der Waals surface area (Å²) in [5.74, 6) is -0.444. The summed E-state index contributed by atoms with van der Waals surface area (Å²) >= 11 is 1.39. The molecule has 1 amide bonds. The van der Waals surface area contributed by atoms with Crippen LogP contribution in [0, 0.1) is 12.7 Å². The lowest BCUT2D eigenvalue weighted by molar-refractivity contribution is 0.0958. The first-order valence-electron chi connectivity index (χ1n) is 10.1. The van der Waals surface area contributed by atoms with E-state index in [9.17, 15) is 9.18 Å². The van der Waals surface area contributed by atoms with Gasteiger partial charge in [-0.3, -0.25) is 4.79 Å². The highest BCUT2D eigenvalue weighted by atomic mass is 32.1. The predicted octanol–water partition coefficient (Wildman–Crippen LogP) is 3.56. The van der Waals surface area contributed by atoms with E-state index >= 15 is 0 Å². The number of rotatable bonds is 6. The minimum Gasteiger partial charge on any atom is -0.380 e. The maximum atomic E-state index is 14.9. The van der Waals surface area contributed by atoms with Crippen molar-refractivity contribution in [2.24, 2.45) is 0 Å². The summed E-state index contributed by atoms with van der Waals surface area (Å²) in [4.78, 5) is 26.6. The average Bonchev–Trinajstić information content (AvgIpc) is 3.30. The van der Waals surface area contributed by atoms with Gasteiger partial charge < -0.3 is 20.9 Å². The van der Waals surface area contributed by atoms with E-state index in [-0.39, 0.29) is 17.8 Å². The van der Waals surface area contributed by atoms with Gasteiger partial charge in [-0.05, 0) is 38.0 Å². The molecule has 162 valence electrons. The third-order valence-electron chi connectivity index (χ3n) is 5.26. The van der Waals surface area contributed by atoms with Crippen LogP contribution >= 0.6 is 11.3 Å². The monoisotopic (exact) mass is 441 g/mol. The van der Waals surface area contributed by atoms with E-state index in [0.29, 0.717) is 16.5 Å². The third kappa shape index (κ3) is 4.74. The zero-order valence-electron chi connectivity index (χ0n) is 17.4. The van der Waals surface area contributed by atoms with Crippen molar-refractivity contribution in [3.05, 3.63) is 53.2 Å². The van der Waals surface area contributed by atoms with Gasteiger partial charge in [-0.1, -0.05) is 0 Å². The van der Waals surface area contributed by atoms with Crippen LogP contribution in [0.3, 0.4) is 0 Å². The van der Waals surface area contributed by atoms with Gasteiger partial charge in [0.2, 0.25) is 0 Å². The Bertz CT molecular complexity index is 1050. The van der Waals surface area contributed by atoms with Crippen molar-refractivity contribution < 1.29 is 9.18 Å². The van der Waals surface area contributed by atoms with E-state index in [1.54, 1.807) is 31.6 Å². The Morgan fingerprint density at radius 1 is 1.19 bits per heavy atom. The largest absolute Gasteiger partial charge is 0.380 e. The normalized spacial score (nSPS) is 14.4. The van der Waals surface area contributed by atoms with E-state index in [1.165, 1.54) is 11.3 Å². The molecule has 1 fully saturated rings. The Balaban J connectivity index is 1.38. The minimum absolute atomic E-state index is 0.152. The van der Waals surface area contributed by atoms with Crippen molar-refractivity contribution >= 4 is 39.6 Å². The molecule has 0 bridgehead atoms. The summed E-state index contributed by atoms with van der Waals surface area (Å²) in [6, 6.07) is 5.49. The molecule has 3 N–H and O–H groups in total. The number of hydrogen-bond donors (Lipinski definition) is 3. The standard InChI is InChI=1S/C21H24FN7OS/c1-13-17(4-3-16(26-13)20(30)23-2)29-10-6-14(7-11-29)27-15-5-8-24-19(18(15)22)28-21-25-9-12-31-21/h3-5,8-9,12,14H,6-7,10-11H2,1-2H3,(H,23,30)(H2,24,25,27,28). The van der Waals surface area contributed by atoms with Crippen LogP contribution in [0.1, 0.15) is 29.0 Å². The molecule has 0 aromatic carbocycles. The first-order valence-corrected chi connectivity index (χ1v) is 11.0. The molecule has 4 heterocycles. The summed E-state index contributed by atoms with van der Waals surface area (Å²) < 4.78 is 14.9. The van der Waals surface area contributed by atoms with Crippen LogP contribution in [0.25, 0.3) is 0 Å². The van der Waals surface area contributed by atoms with Gasteiger partial charge in [-0.15, -0.1) is 11.3 Å². The van der Waals surface area contributed by atoms with Crippen molar-refractivity contribution in [1.82, 2.24) is 20.3 Å². The molecule has 1 aliphatic heterocycles. The average molecular weight is 442 g/mol. The molecule has 4 rings (SSSR count). The first kappa shape index (κ1) is 21.0. The number of nitrogens with zero attached hydrogens (tertiary/aromatic N) is 4. The number of carbonyl (C=O) groups excluding carboxylic acids is 1. The Morgan fingerprint density at radius 2 is 2.00 bits per heavy atom. The number of nitrogens with one attached hydrogen (secondary N) is 3. The van der Waals surface area contributed by atoms with E-state index in [0.717, 1.165) is 37.3 Å². The Kier molecular flexibility index (Phi) is 6.26. The van der Waals surface area contributed by atoms with Gasteiger partial charge >= 0.3 is 0 Å². The van der Waals surface area contributed by atoms with Gasteiger partial charge in [0.15, 0.2) is 16.8 Å². The number of aromatic nitrogens is 3. The van der Waals surface area contributed by atoms with Gasteiger partial charge in [-0.25, -0.2) is 19.3 Å². The van der Waals surface area contributed by atoms with Crippen LogP contribution in [0.2, 0.25) is 0 Å². The van der Waals surface area contributed by atoms with E-state index in [1.807, 2.05) is 18.4 Å². The Hall–Kier alpha value is -3.27. The molecule has 1 aliphatic rings. The van der Waals surface area contributed by atoms with E-state index < -0.39 is 5.82 Å². The summed E-state index contributed by atoms with van der Waals surface area (Å²) in [6.07, 6.45) is 4.95. The van der Waals surface area contributed by atoms with Crippen LogP contribution in [-0.2, 0) is 0 Å². The highest BCUT2D eigenvalue weighted by molar-refractivity contribution is 7.13. The SMILES string of the molecule is CNC(=O)c1ccc(N2CCC(Nc3ccnc(Nc4nccs4)c3F)CC2)c(C)n1. The summed E-state index contributed by atoms with van der Waals surface area (Å²) in [5, 5.41) is 11.2. The van der Waals surface area contributed by atoms with Crippen LogP contribution in [0.5, 0.6) is 0 Å². The van der Waals surface area contributed by atoms with Gasteiger partial charge in [0, 0.05) is 44.0 Å². The van der Waals surface area contributed by atoms with Gasteiger partial charge in [-0.2, -0.15) is 0 Å². The lowest BCUT2D eigenvalue weighted by Crippen LogP contribution is -2.39. The van der Waals surface area contributed by atoms with Crippen molar-refractivity contribution in [3.63, 3.8) is 0 Å². The smallest absolute Gasteiger partial charge is 0.269 e. The lowest BCUT2D eigenvalue weighted by Gasteiger charge is -2.35. The third-order valence-corrected chi connectivity index (χ3v) is 5.95. The molecule has 0 atom stereocenters. The maximum Gasteiger partial charge on any atom is 0.269 e. The number of hydrogen-bond acceptors (Lipinski definition) is 8. The zero-order chi connectivity index (χ0) is 21.8. The van der Waals surface area contributed by atoms with Crippen molar-refractivity contribution in [3.8, 4) is 0 Å². The molecule has 0 unspecified atom stereocenters. The molecular formula is C21H24FN7OS. The number of anilines is 4. The van der Waals surface area contributed by atoms with Crippen LogP contribution in [0.4, 0.5) is 26.7 Å². The fraction of sp³-hybridized carbons (Fsp3) is 0.333. The molecular weight excluding hydrogens is 417 g/mol.